The zero-order valence-electron chi connectivity index (χ0n) is 7.32. The van der Waals surface area contributed by atoms with Crippen LogP contribution >= 0.6 is 23.6 Å². The highest BCUT2D eigenvalue weighted by atomic mass is 32.1. The molecule has 0 saturated carbocycles. The Labute approximate surface area is 87.3 Å². The smallest absolute Gasteiger partial charge is 0.0870 e. The number of hydrogen-bond donors (Lipinski definition) is 1. The van der Waals surface area contributed by atoms with Gasteiger partial charge in [-0.15, -0.1) is 11.3 Å². The molecule has 0 amide bonds. The maximum absolute atomic E-state index is 5.51. The van der Waals surface area contributed by atoms with E-state index in [2.05, 4.69) is 16.3 Å². The van der Waals surface area contributed by atoms with E-state index < -0.39 is 0 Å². The van der Waals surface area contributed by atoms with Crippen molar-refractivity contribution in [2.24, 2.45) is 5.73 Å². The first kappa shape index (κ1) is 9.12. The van der Waals surface area contributed by atoms with Gasteiger partial charge < -0.3 is 5.73 Å². The monoisotopic (exact) mass is 212 g/mol. The fraction of sp³-hybridized carbons (Fsp3) is 0.444. The van der Waals surface area contributed by atoms with Crippen LogP contribution in [0.15, 0.2) is 11.4 Å². The molecular formula is C9H12N2S2. The van der Waals surface area contributed by atoms with Gasteiger partial charge in [-0.1, -0.05) is 12.2 Å². The summed E-state index contributed by atoms with van der Waals surface area (Å²) in [5.74, 6) is 0. The van der Waals surface area contributed by atoms with Gasteiger partial charge in [0, 0.05) is 24.5 Å². The fourth-order valence-electron chi connectivity index (χ4n) is 1.66. The zero-order valence-corrected chi connectivity index (χ0v) is 8.96. The molecular weight excluding hydrogens is 200 g/mol. The summed E-state index contributed by atoms with van der Waals surface area (Å²) in [5.41, 5.74) is 6.96. The summed E-state index contributed by atoms with van der Waals surface area (Å²) in [5, 5.41) is 2.16. The van der Waals surface area contributed by atoms with Crippen molar-refractivity contribution in [3.05, 3.63) is 21.9 Å². The van der Waals surface area contributed by atoms with Gasteiger partial charge in [0.25, 0.3) is 0 Å². The van der Waals surface area contributed by atoms with Crippen LogP contribution in [0, 0.1) is 0 Å². The van der Waals surface area contributed by atoms with Crippen molar-refractivity contribution in [3.8, 4) is 0 Å². The van der Waals surface area contributed by atoms with E-state index in [4.69, 9.17) is 18.0 Å². The van der Waals surface area contributed by atoms with E-state index in [1.54, 1.807) is 0 Å². The molecule has 0 atom stereocenters. The Kier molecular flexibility index (Phi) is 2.62. The number of thiocarbonyl (C=S) groups is 1. The van der Waals surface area contributed by atoms with Gasteiger partial charge in [0.15, 0.2) is 0 Å². The van der Waals surface area contributed by atoms with Crippen LogP contribution in [-0.4, -0.2) is 23.0 Å². The van der Waals surface area contributed by atoms with Crippen molar-refractivity contribution in [2.75, 3.05) is 13.1 Å². The molecule has 0 radical (unpaired) electrons. The van der Waals surface area contributed by atoms with Crippen molar-refractivity contribution in [1.29, 1.82) is 0 Å². The van der Waals surface area contributed by atoms with Gasteiger partial charge in [0.05, 0.1) is 4.99 Å². The number of nitrogens with zero attached hydrogens (tertiary/aromatic N) is 1. The molecule has 1 aromatic rings. The molecule has 4 heteroatoms. The molecule has 2 N–H and O–H groups in total. The summed E-state index contributed by atoms with van der Waals surface area (Å²) in [7, 11) is 0. The van der Waals surface area contributed by atoms with E-state index in [1.807, 2.05) is 11.3 Å². The summed E-state index contributed by atoms with van der Waals surface area (Å²) in [6.45, 7) is 2.85. The van der Waals surface area contributed by atoms with Gasteiger partial charge in [0.1, 0.15) is 0 Å². The molecule has 0 unspecified atom stereocenters. The first-order valence-electron chi connectivity index (χ1n) is 4.31. The second kappa shape index (κ2) is 3.74. The van der Waals surface area contributed by atoms with E-state index >= 15 is 0 Å². The molecule has 0 fully saturated rings. The molecule has 13 heavy (non-hydrogen) atoms. The van der Waals surface area contributed by atoms with E-state index in [-0.39, 0.29) is 0 Å². The fourth-order valence-corrected chi connectivity index (χ4v) is 2.73. The minimum atomic E-state index is 0.596. The maximum atomic E-state index is 5.51. The van der Waals surface area contributed by atoms with Gasteiger partial charge in [-0.2, -0.15) is 0 Å². The SMILES string of the molecule is NC(=S)CN1CCc2sccc2C1. The number of rotatable bonds is 2. The highest BCUT2D eigenvalue weighted by Crippen LogP contribution is 2.23. The van der Waals surface area contributed by atoms with Gasteiger partial charge in [-0.3, -0.25) is 4.90 Å². The maximum Gasteiger partial charge on any atom is 0.0870 e. The molecule has 1 aliphatic heterocycles. The number of hydrogen-bond acceptors (Lipinski definition) is 3. The summed E-state index contributed by atoms with van der Waals surface area (Å²) < 4.78 is 0. The van der Waals surface area contributed by atoms with Crippen molar-refractivity contribution in [1.82, 2.24) is 4.90 Å². The summed E-state index contributed by atoms with van der Waals surface area (Å²) in [4.78, 5) is 4.43. The van der Waals surface area contributed by atoms with Crippen molar-refractivity contribution < 1.29 is 0 Å². The third kappa shape index (κ3) is 2.07. The largest absolute Gasteiger partial charge is 0.392 e. The van der Waals surface area contributed by atoms with Crippen LogP contribution in [0.2, 0.25) is 0 Å². The second-order valence-electron chi connectivity index (χ2n) is 3.30. The molecule has 1 aliphatic rings. The predicted molar refractivity (Wildman–Crippen MR) is 60.1 cm³/mol. The molecule has 1 aromatic heterocycles. The lowest BCUT2D eigenvalue weighted by atomic mass is 10.1. The lowest BCUT2D eigenvalue weighted by molar-refractivity contribution is 0.293. The molecule has 2 rings (SSSR count). The Morgan fingerprint density at radius 2 is 2.54 bits per heavy atom. The average Bonchev–Trinajstić information content (AvgIpc) is 2.49. The first-order valence-corrected chi connectivity index (χ1v) is 5.60. The highest BCUT2D eigenvalue weighted by molar-refractivity contribution is 7.80. The van der Waals surface area contributed by atoms with E-state index in [0.717, 1.165) is 26.1 Å². The van der Waals surface area contributed by atoms with Crippen LogP contribution in [0.1, 0.15) is 10.4 Å². The molecule has 70 valence electrons. The Morgan fingerprint density at radius 3 is 3.31 bits per heavy atom. The minimum Gasteiger partial charge on any atom is -0.392 e. The van der Waals surface area contributed by atoms with E-state index in [1.165, 1.54) is 10.4 Å². The molecule has 2 nitrogen and oxygen atoms in total. The average molecular weight is 212 g/mol. The topological polar surface area (TPSA) is 29.3 Å². The third-order valence-electron chi connectivity index (χ3n) is 2.27. The van der Waals surface area contributed by atoms with Crippen LogP contribution in [-0.2, 0) is 13.0 Å². The van der Waals surface area contributed by atoms with Crippen LogP contribution in [0.4, 0.5) is 0 Å². The molecule has 0 bridgehead atoms. The standard InChI is InChI=1S/C9H12N2S2/c10-9(12)6-11-3-1-8-7(5-11)2-4-13-8/h2,4H,1,3,5-6H2,(H2,10,12). The molecule has 0 saturated heterocycles. The van der Waals surface area contributed by atoms with E-state index in [9.17, 15) is 0 Å². The van der Waals surface area contributed by atoms with Crippen LogP contribution in [0.5, 0.6) is 0 Å². The van der Waals surface area contributed by atoms with Gasteiger partial charge >= 0.3 is 0 Å². The molecule has 0 spiro atoms. The lowest BCUT2D eigenvalue weighted by Crippen LogP contribution is -2.36. The number of nitrogens with two attached hydrogens (primary N) is 1. The van der Waals surface area contributed by atoms with Crippen molar-refractivity contribution in [3.63, 3.8) is 0 Å². The predicted octanol–water partition coefficient (Wildman–Crippen LogP) is 1.39. The normalized spacial score (nSPS) is 16.9. The van der Waals surface area contributed by atoms with E-state index in [0.29, 0.717) is 4.99 Å². The minimum absolute atomic E-state index is 0.596. The zero-order chi connectivity index (χ0) is 9.26. The first-order chi connectivity index (χ1) is 6.25. The summed E-state index contributed by atoms with van der Waals surface area (Å²) in [6, 6.07) is 2.20. The van der Waals surface area contributed by atoms with Crippen molar-refractivity contribution >= 4 is 28.5 Å². The van der Waals surface area contributed by atoms with Gasteiger partial charge in [-0.25, -0.2) is 0 Å². The molecule has 0 aromatic carbocycles. The Hall–Kier alpha value is -0.450. The van der Waals surface area contributed by atoms with Gasteiger partial charge in [-0.05, 0) is 23.4 Å². The second-order valence-corrected chi connectivity index (χ2v) is 4.82. The van der Waals surface area contributed by atoms with Crippen LogP contribution in [0.3, 0.4) is 0 Å². The molecule has 2 heterocycles. The summed E-state index contributed by atoms with van der Waals surface area (Å²) >= 11 is 6.75. The number of fused-ring (bicyclic) bond motifs is 1. The van der Waals surface area contributed by atoms with Crippen molar-refractivity contribution in [2.45, 2.75) is 13.0 Å². The third-order valence-corrected chi connectivity index (χ3v) is 3.42. The Bertz CT molecular complexity index is 319. The highest BCUT2D eigenvalue weighted by Gasteiger charge is 2.16. The Balaban J connectivity index is 2.04. The lowest BCUT2D eigenvalue weighted by Gasteiger charge is -2.25. The quantitative estimate of drug-likeness (QED) is 0.751. The van der Waals surface area contributed by atoms with Gasteiger partial charge in [0.2, 0.25) is 0 Å². The van der Waals surface area contributed by atoms with Crippen LogP contribution < -0.4 is 5.73 Å². The number of thiophene rings is 1. The van der Waals surface area contributed by atoms with Crippen LogP contribution in [0.25, 0.3) is 0 Å². The molecule has 0 aliphatic carbocycles. The Morgan fingerprint density at radius 1 is 1.69 bits per heavy atom. The summed E-state index contributed by atoms with van der Waals surface area (Å²) in [6.07, 6.45) is 1.15.